The first-order valence-electron chi connectivity index (χ1n) is 7.54. The van der Waals surface area contributed by atoms with Crippen LogP contribution in [0.5, 0.6) is 0 Å². The molecule has 1 saturated heterocycles. The molecule has 1 fully saturated rings. The Morgan fingerprint density at radius 2 is 1.70 bits per heavy atom. The molecule has 1 heterocycles. The van der Waals surface area contributed by atoms with Crippen molar-refractivity contribution in [2.75, 3.05) is 13.2 Å². The van der Waals surface area contributed by atoms with Crippen LogP contribution in [0.15, 0.2) is 0 Å². The molecule has 5 atom stereocenters. The predicted octanol–water partition coefficient (Wildman–Crippen LogP) is 0.163. The van der Waals surface area contributed by atoms with E-state index in [4.69, 9.17) is 14.6 Å². The molecule has 0 aliphatic carbocycles. The Bertz CT molecular complexity index is 250. The Balaban J connectivity index is 2.17. The fraction of sp³-hybridized carbons (Fsp3) is 1.00. The maximum atomic E-state index is 9.75. The summed E-state index contributed by atoms with van der Waals surface area (Å²) >= 11 is 0. The van der Waals surface area contributed by atoms with Crippen molar-refractivity contribution < 1.29 is 29.9 Å². The summed E-state index contributed by atoms with van der Waals surface area (Å²) in [7, 11) is 0. The van der Waals surface area contributed by atoms with E-state index in [1.807, 2.05) is 0 Å². The van der Waals surface area contributed by atoms with Gasteiger partial charge < -0.3 is 29.9 Å². The van der Waals surface area contributed by atoms with Gasteiger partial charge in [0.15, 0.2) is 6.29 Å². The number of unbranched alkanes of at least 4 members (excludes halogenated alkanes) is 5. The van der Waals surface area contributed by atoms with Crippen LogP contribution in [0.3, 0.4) is 0 Å². The summed E-state index contributed by atoms with van der Waals surface area (Å²) in [4.78, 5) is 0. The monoisotopic (exact) mass is 292 g/mol. The van der Waals surface area contributed by atoms with E-state index >= 15 is 0 Å². The smallest absolute Gasteiger partial charge is 0.186 e. The first-order valence-corrected chi connectivity index (χ1v) is 7.54. The lowest BCUT2D eigenvalue weighted by atomic mass is 10.1. The Kier molecular flexibility index (Phi) is 8.60. The Hall–Kier alpha value is -0.240. The molecule has 0 radical (unpaired) electrons. The van der Waals surface area contributed by atoms with E-state index in [2.05, 4.69) is 6.92 Å². The predicted molar refractivity (Wildman–Crippen MR) is 73.1 cm³/mol. The third-order valence-electron chi connectivity index (χ3n) is 3.60. The van der Waals surface area contributed by atoms with Gasteiger partial charge in [0.1, 0.15) is 24.4 Å². The molecular weight excluding hydrogens is 264 g/mol. The van der Waals surface area contributed by atoms with Crippen molar-refractivity contribution in [2.45, 2.75) is 76.2 Å². The Labute approximate surface area is 120 Å². The van der Waals surface area contributed by atoms with Crippen LogP contribution in [0.25, 0.3) is 0 Å². The standard InChI is InChI=1S/C14H28O6/c1-2-3-4-5-6-7-8-19-14-12(18)11(17)13(20-14)10(16)9-15/h10-18H,2-9H2,1H3/t10-,11-,12-,13+,14-/m1/s1. The zero-order valence-corrected chi connectivity index (χ0v) is 12.1. The summed E-state index contributed by atoms with van der Waals surface area (Å²) in [6.45, 7) is 2.09. The van der Waals surface area contributed by atoms with Crippen LogP contribution in [0, 0.1) is 0 Å². The fourth-order valence-corrected chi connectivity index (χ4v) is 2.31. The van der Waals surface area contributed by atoms with Crippen LogP contribution in [-0.4, -0.2) is 64.3 Å². The maximum absolute atomic E-state index is 9.75. The molecule has 1 aliphatic rings. The van der Waals surface area contributed by atoms with E-state index in [1.54, 1.807) is 0 Å². The van der Waals surface area contributed by atoms with Crippen molar-refractivity contribution in [3.05, 3.63) is 0 Å². The second-order valence-corrected chi connectivity index (χ2v) is 5.34. The van der Waals surface area contributed by atoms with Gasteiger partial charge in [-0.05, 0) is 6.42 Å². The van der Waals surface area contributed by atoms with Crippen LogP contribution in [0.1, 0.15) is 45.4 Å². The van der Waals surface area contributed by atoms with Crippen LogP contribution < -0.4 is 0 Å². The molecule has 20 heavy (non-hydrogen) atoms. The normalized spacial score (nSPS) is 31.6. The first kappa shape index (κ1) is 17.8. The van der Waals surface area contributed by atoms with Gasteiger partial charge in [-0.15, -0.1) is 0 Å². The molecule has 0 spiro atoms. The highest BCUT2D eigenvalue weighted by atomic mass is 16.7. The second-order valence-electron chi connectivity index (χ2n) is 5.34. The highest BCUT2D eigenvalue weighted by Crippen LogP contribution is 2.24. The molecular formula is C14H28O6. The van der Waals surface area contributed by atoms with E-state index in [1.165, 1.54) is 25.7 Å². The lowest BCUT2D eigenvalue weighted by Gasteiger charge is -2.18. The van der Waals surface area contributed by atoms with E-state index in [9.17, 15) is 15.3 Å². The highest BCUT2D eigenvalue weighted by molar-refractivity contribution is 4.90. The van der Waals surface area contributed by atoms with Gasteiger partial charge in [-0.2, -0.15) is 0 Å². The molecule has 0 saturated carbocycles. The molecule has 0 aromatic rings. The van der Waals surface area contributed by atoms with Gasteiger partial charge in [0.05, 0.1) is 6.61 Å². The molecule has 0 aromatic heterocycles. The molecule has 0 unspecified atom stereocenters. The number of hydrogen-bond donors (Lipinski definition) is 4. The average Bonchev–Trinajstić information content (AvgIpc) is 2.74. The average molecular weight is 292 g/mol. The molecule has 4 N–H and O–H groups in total. The summed E-state index contributed by atoms with van der Waals surface area (Å²) in [5, 5.41) is 37.7. The zero-order chi connectivity index (χ0) is 15.0. The van der Waals surface area contributed by atoms with Crippen molar-refractivity contribution in [1.29, 1.82) is 0 Å². The number of rotatable bonds is 10. The van der Waals surface area contributed by atoms with Crippen LogP contribution in [0.2, 0.25) is 0 Å². The van der Waals surface area contributed by atoms with Gasteiger partial charge in [0.25, 0.3) is 0 Å². The maximum Gasteiger partial charge on any atom is 0.186 e. The van der Waals surface area contributed by atoms with Crippen molar-refractivity contribution in [1.82, 2.24) is 0 Å². The minimum absolute atomic E-state index is 0.447. The summed E-state index contributed by atoms with van der Waals surface area (Å²) in [6.07, 6.45) is 1.19. The summed E-state index contributed by atoms with van der Waals surface area (Å²) < 4.78 is 10.6. The van der Waals surface area contributed by atoms with Gasteiger partial charge in [0.2, 0.25) is 0 Å². The highest BCUT2D eigenvalue weighted by Gasteiger charge is 2.46. The topological polar surface area (TPSA) is 99.4 Å². The molecule has 1 rings (SSSR count). The number of hydrogen-bond acceptors (Lipinski definition) is 6. The number of ether oxygens (including phenoxy) is 2. The molecule has 0 aromatic carbocycles. The quantitative estimate of drug-likeness (QED) is 0.428. The van der Waals surface area contributed by atoms with Crippen LogP contribution >= 0.6 is 0 Å². The largest absolute Gasteiger partial charge is 0.394 e. The van der Waals surface area contributed by atoms with Crippen molar-refractivity contribution in [2.24, 2.45) is 0 Å². The Morgan fingerprint density at radius 3 is 2.35 bits per heavy atom. The summed E-state index contributed by atoms with van der Waals surface area (Å²) in [5.74, 6) is 0. The third-order valence-corrected chi connectivity index (χ3v) is 3.60. The minimum Gasteiger partial charge on any atom is -0.394 e. The lowest BCUT2D eigenvalue weighted by molar-refractivity contribution is -0.181. The second kappa shape index (κ2) is 9.65. The Morgan fingerprint density at radius 1 is 1.05 bits per heavy atom. The van der Waals surface area contributed by atoms with Crippen LogP contribution in [-0.2, 0) is 9.47 Å². The van der Waals surface area contributed by atoms with Crippen molar-refractivity contribution in [3.8, 4) is 0 Å². The first-order chi connectivity index (χ1) is 9.61. The zero-order valence-electron chi connectivity index (χ0n) is 12.1. The van der Waals surface area contributed by atoms with E-state index in [-0.39, 0.29) is 0 Å². The van der Waals surface area contributed by atoms with Gasteiger partial charge >= 0.3 is 0 Å². The van der Waals surface area contributed by atoms with Gasteiger partial charge in [-0.25, -0.2) is 0 Å². The molecule has 120 valence electrons. The van der Waals surface area contributed by atoms with E-state index in [0.29, 0.717) is 6.61 Å². The van der Waals surface area contributed by atoms with Crippen molar-refractivity contribution >= 4 is 0 Å². The molecule has 1 aliphatic heterocycles. The van der Waals surface area contributed by atoms with Crippen molar-refractivity contribution in [3.63, 3.8) is 0 Å². The summed E-state index contributed by atoms with van der Waals surface area (Å²) in [6, 6.07) is 0. The number of aliphatic hydroxyl groups excluding tert-OH is 4. The van der Waals surface area contributed by atoms with Gasteiger partial charge in [-0.1, -0.05) is 39.0 Å². The molecule has 6 heteroatoms. The third kappa shape index (κ3) is 5.27. The molecule has 0 amide bonds. The van der Waals surface area contributed by atoms with Gasteiger partial charge in [0, 0.05) is 6.61 Å². The van der Waals surface area contributed by atoms with E-state index < -0.39 is 37.3 Å². The van der Waals surface area contributed by atoms with Crippen LogP contribution in [0.4, 0.5) is 0 Å². The molecule has 0 bridgehead atoms. The molecule has 6 nitrogen and oxygen atoms in total. The summed E-state index contributed by atoms with van der Waals surface area (Å²) in [5.41, 5.74) is 0. The number of aliphatic hydroxyl groups is 4. The fourth-order valence-electron chi connectivity index (χ4n) is 2.31. The van der Waals surface area contributed by atoms with E-state index in [0.717, 1.165) is 12.8 Å². The minimum atomic E-state index is -1.24. The SMILES string of the molecule is CCCCCCCCO[C@@H]1O[C@@H]([C@H](O)CO)[C@H](O)[C@H]1O. The lowest BCUT2D eigenvalue weighted by Crippen LogP contribution is -2.40. The van der Waals surface area contributed by atoms with Gasteiger partial charge in [-0.3, -0.25) is 0 Å².